The number of ether oxygens (including phenoxy) is 1. The molecule has 100 valence electrons. The fraction of sp³-hybridized carbons (Fsp3) is 0.250. The summed E-state index contributed by atoms with van der Waals surface area (Å²) in [5.74, 6) is -0.420. The molecule has 0 amide bonds. The summed E-state index contributed by atoms with van der Waals surface area (Å²) in [6, 6.07) is 3.73. The number of pyridine rings is 1. The molecule has 7 heteroatoms. The normalized spacial score (nSPS) is 10.4. The Kier molecular flexibility index (Phi) is 4.43. The Bertz CT molecular complexity index is 571. The summed E-state index contributed by atoms with van der Waals surface area (Å²) < 4.78 is 5.03. The Hall–Kier alpha value is -1.99. The number of rotatable bonds is 6. The second-order valence-corrected chi connectivity index (χ2v) is 4.62. The first-order valence-electron chi connectivity index (χ1n) is 5.56. The molecule has 2 aromatic rings. The van der Waals surface area contributed by atoms with Gasteiger partial charge in [-0.05, 0) is 11.6 Å². The lowest BCUT2D eigenvalue weighted by atomic mass is 10.2. The molecule has 0 radical (unpaired) electrons. The monoisotopic (exact) mass is 279 g/mol. The molecule has 19 heavy (non-hydrogen) atoms. The quantitative estimate of drug-likeness (QED) is 0.834. The van der Waals surface area contributed by atoms with E-state index in [1.807, 2.05) is 12.1 Å². The molecule has 0 unspecified atom stereocenters. The molecule has 2 N–H and O–H groups in total. The molecule has 0 aliphatic heterocycles. The summed E-state index contributed by atoms with van der Waals surface area (Å²) in [5, 5.41) is 13.8. The fourth-order valence-electron chi connectivity index (χ4n) is 1.49. The van der Waals surface area contributed by atoms with Gasteiger partial charge in [-0.15, -0.1) is 11.3 Å². The van der Waals surface area contributed by atoms with Crippen LogP contribution in [-0.2, 0) is 13.1 Å². The number of aromatic nitrogens is 2. The van der Waals surface area contributed by atoms with Crippen LogP contribution in [0.15, 0.2) is 23.7 Å². The Morgan fingerprint density at radius 2 is 2.37 bits per heavy atom. The highest BCUT2D eigenvalue weighted by atomic mass is 32.1. The van der Waals surface area contributed by atoms with Crippen LogP contribution in [0.25, 0.3) is 0 Å². The lowest BCUT2D eigenvalue weighted by Crippen LogP contribution is -2.13. The van der Waals surface area contributed by atoms with Gasteiger partial charge in [-0.2, -0.15) is 0 Å². The molecule has 0 spiro atoms. The van der Waals surface area contributed by atoms with Gasteiger partial charge in [-0.3, -0.25) is 0 Å². The summed E-state index contributed by atoms with van der Waals surface area (Å²) >= 11 is 1.13. The molecule has 0 atom stereocenters. The van der Waals surface area contributed by atoms with Crippen LogP contribution >= 0.6 is 11.3 Å². The van der Waals surface area contributed by atoms with Gasteiger partial charge in [0.15, 0.2) is 0 Å². The number of carboxylic acid groups (broad SMARTS) is 1. The van der Waals surface area contributed by atoms with Crippen molar-refractivity contribution in [2.45, 2.75) is 13.1 Å². The molecule has 0 fully saturated rings. The maximum absolute atomic E-state index is 10.7. The van der Waals surface area contributed by atoms with Crippen molar-refractivity contribution in [1.29, 1.82) is 0 Å². The third-order valence-electron chi connectivity index (χ3n) is 2.38. The van der Waals surface area contributed by atoms with E-state index in [1.54, 1.807) is 18.7 Å². The molecule has 0 aliphatic carbocycles. The Morgan fingerprint density at radius 1 is 1.53 bits per heavy atom. The van der Waals surface area contributed by atoms with E-state index in [9.17, 15) is 4.79 Å². The highest BCUT2D eigenvalue weighted by Crippen LogP contribution is 2.11. The summed E-state index contributed by atoms with van der Waals surface area (Å²) in [5.41, 5.74) is 1.77. The van der Waals surface area contributed by atoms with Crippen molar-refractivity contribution in [3.05, 3.63) is 40.0 Å². The van der Waals surface area contributed by atoms with E-state index in [1.165, 1.54) is 0 Å². The average molecular weight is 279 g/mol. The topological polar surface area (TPSA) is 84.3 Å². The molecule has 6 nitrogen and oxygen atoms in total. The first kappa shape index (κ1) is 13.4. The minimum atomic E-state index is -0.991. The maximum Gasteiger partial charge on any atom is 0.365 e. The molecule has 2 heterocycles. The minimum absolute atomic E-state index is 0.113. The van der Waals surface area contributed by atoms with E-state index in [4.69, 9.17) is 9.84 Å². The second-order valence-electron chi connectivity index (χ2n) is 3.76. The third kappa shape index (κ3) is 3.73. The second kappa shape index (κ2) is 6.26. The van der Waals surface area contributed by atoms with E-state index in [0.717, 1.165) is 22.6 Å². The van der Waals surface area contributed by atoms with Gasteiger partial charge in [0.25, 0.3) is 0 Å². The van der Waals surface area contributed by atoms with Crippen molar-refractivity contribution in [2.75, 3.05) is 7.11 Å². The van der Waals surface area contributed by atoms with Gasteiger partial charge in [0.1, 0.15) is 0 Å². The first-order chi connectivity index (χ1) is 9.19. The van der Waals surface area contributed by atoms with Crippen LogP contribution in [0.4, 0.5) is 0 Å². The third-order valence-corrected chi connectivity index (χ3v) is 3.26. The van der Waals surface area contributed by atoms with E-state index >= 15 is 0 Å². The largest absolute Gasteiger partial charge is 0.481 e. The SMILES string of the molecule is COc1cc(CNCc2csc(C(=O)O)n2)ccn1. The van der Waals surface area contributed by atoms with E-state index in [2.05, 4.69) is 15.3 Å². The van der Waals surface area contributed by atoms with Crippen LogP contribution in [0.2, 0.25) is 0 Å². The van der Waals surface area contributed by atoms with Gasteiger partial charge in [-0.1, -0.05) is 0 Å². The molecule has 0 bridgehead atoms. The number of hydrogen-bond acceptors (Lipinski definition) is 6. The molecule has 0 saturated heterocycles. The van der Waals surface area contributed by atoms with Crippen LogP contribution in [-0.4, -0.2) is 28.2 Å². The number of nitrogens with one attached hydrogen (secondary N) is 1. The van der Waals surface area contributed by atoms with Crippen molar-refractivity contribution in [1.82, 2.24) is 15.3 Å². The summed E-state index contributed by atoms with van der Waals surface area (Å²) in [6.07, 6.45) is 1.68. The zero-order valence-corrected chi connectivity index (χ0v) is 11.1. The number of methoxy groups -OCH3 is 1. The number of carboxylic acids is 1. The smallest absolute Gasteiger partial charge is 0.365 e. The van der Waals surface area contributed by atoms with Crippen LogP contribution < -0.4 is 10.1 Å². The van der Waals surface area contributed by atoms with E-state index in [-0.39, 0.29) is 5.01 Å². The molecular formula is C12H13N3O3S. The molecule has 2 aromatic heterocycles. The zero-order chi connectivity index (χ0) is 13.7. The van der Waals surface area contributed by atoms with Gasteiger partial charge in [-0.25, -0.2) is 14.8 Å². The summed E-state index contributed by atoms with van der Waals surface area (Å²) in [6.45, 7) is 1.16. The average Bonchev–Trinajstić information content (AvgIpc) is 2.88. The Morgan fingerprint density at radius 3 is 3.05 bits per heavy atom. The Balaban J connectivity index is 1.86. The summed E-state index contributed by atoms with van der Waals surface area (Å²) in [4.78, 5) is 18.7. The summed E-state index contributed by atoms with van der Waals surface area (Å²) in [7, 11) is 1.57. The fourth-order valence-corrected chi connectivity index (χ4v) is 2.15. The highest BCUT2D eigenvalue weighted by Gasteiger charge is 2.08. The maximum atomic E-state index is 10.7. The predicted octanol–water partition coefficient (Wildman–Crippen LogP) is 1.53. The first-order valence-corrected chi connectivity index (χ1v) is 6.44. The lowest BCUT2D eigenvalue weighted by Gasteiger charge is -2.04. The lowest BCUT2D eigenvalue weighted by molar-refractivity contribution is 0.0696. The van der Waals surface area contributed by atoms with Crippen LogP contribution in [0.5, 0.6) is 5.88 Å². The van der Waals surface area contributed by atoms with Crippen molar-refractivity contribution in [3.8, 4) is 5.88 Å². The Labute approximate surface area is 114 Å². The molecular weight excluding hydrogens is 266 g/mol. The van der Waals surface area contributed by atoms with Crippen molar-refractivity contribution in [3.63, 3.8) is 0 Å². The zero-order valence-electron chi connectivity index (χ0n) is 10.3. The van der Waals surface area contributed by atoms with Gasteiger partial charge in [0, 0.05) is 30.7 Å². The molecule has 0 aliphatic rings. The van der Waals surface area contributed by atoms with Crippen LogP contribution in [0.1, 0.15) is 21.1 Å². The molecule has 2 rings (SSSR count). The van der Waals surface area contributed by atoms with Gasteiger partial charge < -0.3 is 15.2 Å². The molecule has 0 aromatic carbocycles. The van der Waals surface area contributed by atoms with Crippen LogP contribution in [0.3, 0.4) is 0 Å². The number of aromatic carboxylic acids is 1. The van der Waals surface area contributed by atoms with Gasteiger partial charge in [0.2, 0.25) is 10.9 Å². The number of carbonyl (C=O) groups is 1. The predicted molar refractivity (Wildman–Crippen MR) is 70.4 cm³/mol. The number of hydrogen-bond donors (Lipinski definition) is 2. The van der Waals surface area contributed by atoms with E-state index < -0.39 is 5.97 Å². The number of thiazole rings is 1. The van der Waals surface area contributed by atoms with Crippen molar-refractivity contribution in [2.24, 2.45) is 0 Å². The molecule has 0 saturated carbocycles. The van der Waals surface area contributed by atoms with Crippen molar-refractivity contribution >= 4 is 17.3 Å². The van der Waals surface area contributed by atoms with Crippen LogP contribution in [0, 0.1) is 0 Å². The number of nitrogens with zero attached hydrogens (tertiary/aromatic N) is 2. The minimum Gasteiger partial charge on any atom is -0.481 e. The van der Waals surface area contributed by atoms with Crippen molar-refractivity contribution < 1.29 is 14.6 Å². The van der Waals surface area contributed by atoms with Gasteiger partial charge in [0.05, 0.1) is 12.8 Å². The van der Waals surface area contributed by atoms with Gasteiger partial charge >= 0.3 is 5.97 Å². The standard InChI is InChI=1S/C12H13N3O3S/c1-18-10-4-8(2-3-14-10)5-13-6-9-7-19-11(15-9)12(16)17/h2-4,7,13H,5-6H2,1H3,(H,16,17). The van der Waals surface area contributed by atoms with E-state index in [0.29, 0.717) is 19.0 Å². The highest BCUT2D eigenvalue weighted by molar-refractivity contribution is 7.11.